The van der Waals surface area contributed by atoms with Crippen molar-refractivity contribution in [1.82, 2.24) is 4.98 Å². The molecule has 0 radical (unpaired) electrons. The molecule has 0 unspecified atom stereocenters. The second-order valence-electron chi connectivity index (χ2n) is 4.91. The van der Waals surface area contributed by atoms with Crippen molar-refractivity contribution in [2.75, 3.05) is 0 Å². The monoisotopic (exact) mass is 297 g/mol. The Hall–Kier alpha value is -2.33. The van der Waals surface area contributed by atoms with E-state index in [-0.39, 0.29) is 17.4 Å². The zero-order chi connectivity index (χ0) is 14.8. The van der Waals surface area contributed by atoms with Gasteiger partial charge in [0.15, 0.2) is 0 Å². The summed E-state index contributed by atoms with van der Waals surface area (Å²) in [5, 5.41) is 22.0. The Kier molecular flexibility index (Phi) is 3.62. The molecule has 0 aliphatic heterocycles. The van der Waals surface area contributed by atoms with Crippen molar-refractivity contribution in [3.63, 3.8) is 0 Å². The van der Waals surface area contributed by atoms with E-state index in [1.807, 2.05) is 31.2 Å². The second-order valence-corrected chi connectivity index (χ2v) is 5.97. The van der Waals surface area contributed by atoms with Crippen molar-refractivity contribution in [3.05, 3.63) is 75.7 Å². The first-order valence-electron chi connectivity index (χ1n) is 6.63. The van der Waals surface area contributed by atoms with Crippen LogP contribution in [-0.2, 0) is 0 Å². The largest absolute Gasteiger partial charge is 0.508 e. The molecule has 3 aromatic rings. The number of thiazole rings is 1. The van der Waals surface area contributed by atoms with Gasteiger partial charge in [0.2, 0.25) is 0 Å². The lowest BCUT2D eigenvalue weighted by atomic mass is 9.89. The Morgan fingerprint density at radius 3 is 1.71 bits per heavy atom. The van der Waals surface area contributed by atoms with Gasteiger partial charge in [-0.2, -0.15) is 0 Å². The van der Waals surface area contributed by atoms with Crippen LogP contribution in [-0.4, -0.2) is 15.2 Å². The van der Waals surface area contributed by atoms with Crippen LogP contribution in [0.3, 0.4) is 0 Å². The summed E-state index contributed by atoms with van der Waals surface area (Å²) >= 11 is 1.62. The summed E-state index contributed by atoms with van der Waals surface area (Å²) in [6.07, 6.45) is 0. The molecule has 0 fully saturated rings. The van der Waals surface area contributed by atoms with Crippen molar-refractivity contribution < 1.29 is 10.2 Å². The maximum Gasteiger partial charge on any atom is 0.115 e. The van der Waals surface area contributed by atoms with Crippen LogP contribution < -0.4 is 0 Å². The van der Waals surface area contributed by atoms with Gasteiger partial charge >= 0.3 is 0 Å². The van der Waals surface area contributed by atoms with Crippen LogP contribution >= 0.6 is 11.3 Å². The lowest BCUT2D eigenvalue weighted by Crippen LogP contribution is -2.03. The van der Waals surface area contributed by atoms with Crippen molar-refractivity contribution in [1.29, 1.82) is 0 Å². The van der Waals surface area contributed by atoms with E-state index in [1.165, 1.54) is 0 Å². The molecule has 1 heterocycles. The molecule has 0 saturated heterocycles. The van der Waals surface area contributed by atoms with Gasteiger partial charge in [-0.1, -0.05) is 24.3 Å². The number of rotatable bonds is 3. The van der Waals surface area contributed by atoms with Gasteiger partial charge in [0.1, 0.15) is 11.5 Å². The number of nitrogens with zero attached hydrogens (tertiary/aromatic N) is 1. The van der Waals surface area contributed by atoms with Gasteiger partial charge in [0.25, 0.3) is 0 Å². The second kappa shape index (κ2) is 5.58. The summed E-state index contributed by atoms with van der Waals surface area (Å²) in [6.45, 7) is 1.98. The molecule has 2 aromatic carbocycles. The van der Waals surface area contributed by atoms with E-state index in [2.05, 4.69) is 10.4 Å². The zero-order valence-corrected chi connectivity index (χ0v) is 12.3. The topological polar surface area (TPSA) is 53.4 Å². The fourth-order valence-corrected chi connectivity index (χ4v) is 3.02. The molecule has 0 bridgehead atoms. The first-order chi connectivity index (χ1) is 10.1. The lowest BCUT2D eigenvalue weighted by molar-refractivity contribution is 0.475. The molecule has 106 valence electrons. The Labute approximate surface area is 127 Å². The van der Waals surface area contributed by atoms with Crippen molar-refractivity contribution in [2.24, 2.45) is 0 Å². The lowest BCUT2D eigenvalue weighted by Gasteiger charge is -2.16. The molecule has 0 atom stereocenters. The molecule has 3 nitrogen and oxygen atoms in total. The molecule has 0 spiro atoms. The maximum atomic E-state index is 9.47. The van der Waals surface area contributed by atoms with Crippen molar-refractivity contribution >= 4 is 11.3 Å². The fraction of sp³-hybridized carbons (Fsp3) is 0.118. The van der Waals surface area contributed by atoms with Gasteiger partial charge in [0.05, 0.1) is 16.6 Å². The number of phenols is 2. The molecule has 21 heavy (non-hydrogen) atoms. The first kappa shape index (κ1) is 13.6. The first-order valence-corrected chi connectivity index (χ1v) is 7.51. The summed E-state index contributed by atoms with van der Waals surface area (Å²) in [7, 11) is 0. The number of aryl methyl sites for hydroxylation is 1. The number of benzene rings is 2. The number of phenolic OH excluding ortho intramolecular Hbond substituents is 2. The zero-order valence-electron chi connectivity index (χ0n) is 11.5. The maximum absolute atomic E-state index is 9.47. The van der Waals surface area contributed by atoms with E-state index < -0.39 is 0 Å². The molecule has 0 amide bonds. The smallest absolute Gasteiger partial charge is 0.115 e. The van der Waals surface area contributed by atoms with E-state index >= 15 is 0 Å². The number of hydrogen-bond acceptors (Lipinski definition) is 4. The van der Waals surface area contributed by atoms with Crippen LogP contribution in [0.1, 0.15) is 27.7 Å². The Morgan fingerprint density at radius 1 is 0.857 bits per heavy atom. The Balaban J connectivity index is 2.10. The van der Waals surface area contributed by atoms with Crippen molar-refractivity contribution in [3.8, 4) is 11.5 Å². The molecular formula is C17H15NO2S. The van der Waals surface area contributed by atoms with E-state index in [0.717, 1.165) is 21.8 Å². The van der Waals surface area contributed by atoms with Gasteiger partial charge in [-0.15, -0.1) is 11.3 Å². The molecule has 3 rings (SSSR count). The Bertz CT molecular complexity index is 687. The van der Waals surface area contributed by atoms with E-state index in [4.69, 9.17) is 0 Å². The molecule has 4 heteroatoms. The molecular weight excluding hydrogens is 282 g/mol. The van der Waals surface area contributed by atoms with Crippen LogP contribution in [0.2, 0.25) is 0 Å². The minimum absolute atomic E-state index is 0.00356. The van der Waals surface area contributed by atoms with E-state index in [0.29, 0.717) is 0 Å². The molecule has 2 N–H and O–H groups in total. The van der Waals surface area contributed by atoms with Gasteiger partial charge in [-0.3, -0.25) is 0 Å². The van der Waals surface area contributed by atoms with Crippen LogP contribution in [0.15, 0.2) is 53.9 Å². The SMILES string of the molecule is Cc1nc(C(c2ccc(O)cc2)c2ccc(O)cc2)cs1. The van der Waals surface area contributed by atoms with Crippen LogP contribution in [0.25, 0.3) is 0 Å². The number of aromatic hydroxyl groups is 2. The quantitative estimate of drug-likeness (QED) is 0.767. The van der Waals surface area contributed by atoms with Gasteiger partial charge in [-0.25, -0.2) is 4.98 Å². The molecule has 0 aliphatic carbocycles. The van der Waals surface area contributed by atoms with Gasteiger partial charge < -0.3 is 10.2 Å². The van der Waals surface area contributed by atoms with E-state index in [9.17, 15) is 10.2 Å². The van der Waals surface area contributed by atoms with Crippen LogP contribution in [0.5, 0.6) is 11.5 Å². The normalized spacial score (nSPS) is 11.0. The predicted octanol–water partition coefficient (Wildman–Crippen LogP) is 4.04. The summed E-state index contributed by atoms with van der Waals surface area (Å²) in [4.78, 5) is 4.60. The predicted molar refractivity (Wildman–Crippen MR) is 84.0 cm³/mol. The van der Waals surface area contributed by atoms with E-state index in [1.54, 1.807) is 35.6 Å². The van der Waals surface area contributed by atoms with Gasteiger partial charge in [0, 0.05) is 5.38 Å². The average molecular weight is 297 g/mol. The summed E-state index contributed by atoms with van der Waals surface area (Å²) in [6, 6.07) is 14.3. The minimum Gasteiger partial charge on any atom is -0.508 e. The highest BCUT2D eigenvalue weighted by molar-refractivity contribution is 7.09. The van der Waals surface area contributed by atoms with Crippen molar-refractivity contribution in [2.45, 2.75) is 12.8 Å². The molecule has 1 aromatic heterocycles. The fourth-order valence-electron chi connectivity index (χ4n) is 2.38. The van der Waals surface area contributed by atoms with Gasteiger partial charge in [-0.05, 0) is 42.3 Å². The third-order valence-electron chi connectivity index (χ3n) is 3.39. The highest BCUT2D eigenvalue weighted by atomic mass is 32.1. The van der Waals surface area contributed by atoms with Crippen LogP contribution in [0.4, 0.5) is 0 Å². The third kappa shape index (κ3) is 2.90. The molecule has 0 aliphatic rings. The highest BCUT2D eigenvalue weighted by Gasteiger charge is 2.19. The van der Waals surface area contributed by atoms with Crippen LogP contribution in [0, 0.1) is 6.92 Å². The average Bonchev–Trinajstić information content (AvgIpc) is 2.90. The summed E-state index contributed by atoms with van der Waals surface area (Å²) in [5.74, 6) is 0.492. The Morgan fingerprint density at radius 2 is 1.33 bits per heavy atom. The minimum atomic E-state index is -0.00356. The standard InChI is InChI=1S/C17H15NO2S/c1-11-18-16(10-21-11)17(12-2-6-14(19)7-3-12)13-4-8-15(20)9-5-13/h2-10,17,19-20H,1H3. The highest BCUT2D eigenvalue weighted by Crippen LogP contribution is 2.33. The summed E-state index contributed by atoms with van der Waals surface area (Å²) < 4.78 is 0. The number of hydrogen-bond donors (Lipinski definition) is 2. The summed E-state index contributed by atoms with van der Waals surface area (Å²) in [5.41, 5.74) is 3.10. The number of aromatic nitrogens is 1. The third-order valence-corrected chi connectivity index (χ3v) is 4.18. The molecule has 0 saturated carbocycles.